The Morgan fingerprint density at radius 3 is 2.68 bits per heavy atom. The van der Waals surface area contributed by atoms with Crippen LogP contribution in [0.4, 0.5) is 0 Å². The van der Waals surface area contributed by atoms with Gasteiger partial charge in [0.15, 0.2) is 0 Å². The Hall–Kier alpha value is -1.81. The highest BCUT2D eigenvalue weighted by Gasteiger charge is 2.33. The molecule has 22 heavy (non-hydrogen) atoms. The van der Waals surface area contributed by atoms with Crippen LogP contribution in [-0.2, 0) is 0 Å². The summed E-state index contributed by atoms with van der Waals surface area (Å²) in [6.07, 6.45) is 3.66. The third-order valence-corrected chi connectivity index (χ3v) is 4.99. The van der Waals surface area contributed by atoms with Crippen molar-refractivity contribution in [2.75, 3.05) is 13.6 Å². The van der Waals surface area contributed by atoms with Gasteiger partial charge in [-0.15, -0.1) is 0 Å². The maximum Gasteiger partial charge on any atom is 0.255 e. The average Bonchev–Trinajstić information content (AvgIpc) is 3.03. The quantitative estimate of drug-likeness (QED) is 0.915. The monoisotopic (exact) mass is 300 g/mol. The summed E-state index contributed by atoms with van der Waals surface area (Å²) in [7, 11) is 1.78. The number of amides is 1. The molecule has 0 bridgehead atoms. The average molecular weight is 300 g/mol. The van der Waals surface area contributed by atoms with Crippen LogP contribution in [0.1, 0.15) is 47.3 Å². The van der Waals surface area contributed by atoms with Gasteiger partial charge >= 0.3 is 0 Å². The summed E-state index contributed by atoms with van der Waals surface area (Å²) in [5.74, 6) is -0.0350. The highest BCUT2D eigenvalue weighted by Crippen LogP contribution is 2.31. The molecule has 1 aliphatic rings. The standard InChI is InChI=1S/C18H24N2O2/c1-12-13(2)19-16-14(12)7-6-8-15(16)17(21)20(3)11-18(22)9-4-5-10-18/h6-8,19,22H,4-5,9-11H2,1-3H3. The first-order valence-electron chi connectivity index (χ1n) is 7.97. The van der Waals surface area contributed by atoms with Crippen LogP contribution in [-0.4, -0.2) is 40.1 Å². The van der Waals surface area contributed by atoms with Crippen molar-refractivity contribution >= 4 is 16.8 Å². The second-order valence-corrected chi connectivity index (χ2v) is 6.70. The molecule has 1 fully saturated rings. The van der Waals surface area contributed by atoms with Gasteiger partial charge in [0, 0.05) is 24.7 Å². The summed E-state index contributed by atoms with van der Waals surface area (Å²) in [6.45, 7) is 4.49. The van der Waals surface area contributed by atoms with Crippen LogP contribution in [0, 0.1) is 13.8 Å². The second-order valence-electron chi connectivity index (χ2n) is 6.70. The lowest BCUT2D eigenvalue weighted by atomic mass is 10.0. The number of carbonyl (C=O) groups is 1. The van der Waals surface area contributed by atoms with E-state index in [1.807, 2.05) is 25.1 Å². The molecule has 0 atom stereocenters. The zero-order valence-corrected chi connectivity index (χ0v) is 13.6. The zero-order chi connectivity index (χ0) is 15.9. The van der Waals surface area contributed by atoms with Gasteiger partial charge in [-0.25, -0.2) is 0 Å². The molecule has 0 aliphatic heterocycles. The van der Waals surface area contributed by atoms with Crippen LogP contribution in [0.15, 0.2) is 18.2 Å². The molecule has 2 aromatic rings. The molecule has 1 amide bonds. The van der Waals surface area contributed by atoms with Crippen LogP contribution < -0.4 is 0 Å². The number of para-hydroxylation sites is 1. The third-order valence-electron chi connectivity index (χ3n) is 4.99. The summed E-state index contributed by atoms with van der Waals surface area (Å²) in [5, 5.41) is 11.6. The van der Waals surface area contributed by atoms with Crippen LogP contribution in [0.3, 0.4) is 0 Å². The van der Waals surface area contributed by atoms with Gasteiger partial charge in [0.25, 0.3) is 5.91 Å². The number of likely N-dealkylation sites (N-methyl/N-ethyl adjacent to an activating group) is 1. The third kappa shape index (κ3) is 2.52. The largest absolute Gasteiger partial charge is 0.388 e. The first-order chi connectivity index (χ1) is 10.4. The highest BCUT2D eigenvalue weighted by atomic mass is 16.3. The van der Waals surface area contributed by atoms with Crippen molar-refractivity contribution < 1.29 is 9.90 Å². The molecule has 3 rings (SSSR count). The van der Waals surface area contributed by atoms with Crippen molar-refractivity contribution in [1.29, 1.82) is 0 Å². The Balaban J connectivity index is 1.90. The molecule has 4 nitrogen and oxygen atoms in total. The van der Waals surface area contributed by atoms with Crippen molar-refractivity contribution in [3.05, 3.63) is 35.0 Å². The van der Waals surface area contributed by atoms with E-state index >= 15 is 0 Å². The Morgan fingerprint density at radius 1 is 1.32 bits per heavy atom. The van der Waals surface area contributed by atoms with E-state index in [4.69, 9.17) is 0 Å². The van der Waals surface area contributed by atoms with E-state index < -0.39 is 5.60 Å². The number of aliphatic hydroxyl groups is 1. The van der Waals surface area contributed by atoms with Gasteiger partial charge in [-0.05, 0) is 38.3 Å². The lowest BCUT2D eigenvalue weighted by molar-refractivity contribution is 0.0157. The second kappa shape index (κ2) is 5.43. The number of aromatic amines is 1. The number of hydrogen-bond acceptors (Lipinski definition) is 2. The summed E-state index contributed by atoms with van der Waals surface area (Å²) < 4.78 is 0. The number of nitrogens with one attached hydrogen (secondary N) is 1. The van der Waals surface area contributed by atoms with Crippen molar-refractivity contribution in [3.63, 3.8) is 0 Å². The van der Waals surface area contributed by atoms with Crippen LogP contribution in [0.5, 0.6) is 0 Å². The van der Waals surface area contributed by atoms with E-state index in [9.17, 15) is 9.90 Å². The Labute approximate surface area is 131 Å². The molecule has 1 heterocycles. The molecule has 1 aliphatic carbocycles. The summed E-state index contributed by atoms with van der Waals surface area (Å²) >= 11 is 0. The van der Waals surface area contributed by atoms with Gasteiger partial charge in [-0.1, -0.05) is 25.0 Å². The maximum absolute atomic E-state index is 12.8. The number of aryl methyl sites for hydroxylation is 2. The first kappa shape index (κ1) is 15.1. The fraction of sp³-hybridized carbons (Fsp3) is 0.500. The van der Waals surface area contributed by atoms with Crippen LogP contribution >= 0.6 is 0 Å². The number of nitrogens with zero attached hydrogens (tertiary/aromatic N) is 1. The Morgan fingerprint density at radius 2 is 2.00 bits per heavy atom. The maximum atomic E-state index is 12.8. The van der Waals surface area contributed by atoms with E-state index in [1.54, 1.807) is 11.9 Å². The zero-order valence-electron chi connectivity index (χ0n) is 13.6. The number of H-pyrrole nitrogens is 1. The SMILES string of the molecule is Cc1[nH]c2c(C(=O)N(C)CC3(O)CCCC3)cccc2c1C. The fourth-order valence-electron chi connectivity index (χ4n) is 3.57. The van der Waals surface area contributed by atoms with Gasteiger partial charge in [-0.3, -0.25) is 4.79 Å². The molecule has 118 valence electrons. The molecule has 1 aromatic heterocycles. The topological polar surface area (TPSA) is 56.3 Å². The lowest BCUT2D eigenvalue weighted by Crippen LogP contribution is -2.42. The van der Waals surface area contributed by atoms with Gasteiger partial charge in [0.1, 0.15) is 0 Å². The molecule has 0 saturated heterocycles. The number of hydrogen-bond donors (Lipinski definition) is 2. The molecular formula is C18H24N2O2. The van der Waals surface area contributed by atoms with E-state index in [0.717, 1.165) is 42.3 Å². The first-order valence-corrected chi connectivity index (χ1v) is 7.97. The van der Waals surface area contributed by atoms with E-state index in [-0.39, 0.29) is 5.91 Å². The number of aromatic nitrogens is 1. The molecule has 1 aromatic carbocycles. The summed E-state index contributed by atoms with van der Waals surface area (Å²) in [6, 6.07) is 5.82. The normalized spacial score (nSPS) is 17.1. The van der Waals surface area contributed by atoms with Gasteiger partial charge in [-0.2, -0.15) is 0 Å². The molecule has 2 N–H and O–H groups in total. The number of benzene rings is 1. The number of rotatable bonds is 3. The molecule has 0 radical (unpaired) electrons. The molecule has 4 heteroatoms. The Bertz CT molecular complexity index is 711. The van der Waals surface area contributed by atoms with Gasteiger partial charge in [0.05, 0.1) is 16.7 Å². The fourth-order valence-corrected chi connectivity index (χ4v) is 3.57. The summed E-state index contributed by atoms with van der Waals surface area (Å²) in [4.78, 5) is 17.8. The van der Waals surface area contributed by atoms with Gasteiger partial charge in [0.2, 0.25) is 0 Å². The molecule has 0 spiro atoms. The summed E-state index contributed by atoms with van der Waals surface area (Å²) in [5.41, 5.74) is 3.14. The lowest BCUT2D eigenvalue weighted by Gasteiger charge is -2.28. The number of fused-ring (bicyclic) bond motifs is 1. The predicted molar refractivity (Wildman–Crippen MR) is 88.2 cm³/mol. The van der Waals surface area contributed by atoms with Crippen LogP contribution in [0.25, 0.3) is 10.9 Å². The predicted octanol–water partition coefficient (Wildman–Crippen LogP) is 3.16. The molecule has 0 unspecified atom stereocenters. The van der Waals surface area contributed by atoms with Crippen molar-refractivity contribution in [3.8, 4) is 0 Å². The van der Waals surface area contributed by atoms with E-state index in [0.29, 0.717) is 12.1 Å². The number of carbonyl (C=O) groups excluding carboxylic acids is 1. The molecule has 1 saturated carbocycles. The minimum absolute atomic E-state index is 0.0350. The van der Waals surface area contributed by atoms with E-state index in [2.05, 4.69) is 11.9 Å². The van der Waals surface area contributed by atoms with Crippen molar-refractivity contribution in [1.82, 2.24) is 9.88 Å². The van der Waals surface area contributed by atoms with Gasteiger partial charge < -0.3 is 15.0 Å². The van der Waals surface area contributed by atoms with Crippen molar-refractivity contribution in [2.45, 2.75) is 45.1 Å². The minimum Gasteiger partial charge on any atom is -0.388 e. The van der Waals surface area contributed by atoms with Crippen LogP contribution in [0.2, 0.25) is 0 Å². The Kier molecular flexibility index (Phi) is 3.73. The highest BCUT2D eigenvalue weighted by molar-refractivity contribution is 6.06. The smallest absolute Gasteiger partial charge is 0.255 e. The van der Waals surface area contributed by atoms with E-state index in [1.165, 1.54) is 5.56 Å². The molecular weight excluding hydrogens is 276 g/mol. The minimum atomic E-state index is -0.708. The van der Waals surface area contributed by atoms with Crippen molar-refractivity contribution in [2.24, 2.45) is 0 Å².